The summed E-state index contributed by atoms with van der Waals surface area (Å²) in [5.41, 5.74) is 3.12. The first-order chi connectivity index (χ1) is 12.8. The first kappa shape index (κ1) is 19.2. The monoisotopic (exact) mass is 371 g/mol. The summed E-state index contributed by atoms with van der Waals surface area (Å²) < 4.78 is 7.75. The number of amides is 1. The molecule has 7 nitrogen and oxygen atoms in total. The molecule has 0 spiro atoms. The van der Waals surface area contributed by atoms with Gasteiger partial charge < -0.3 is 20.3 Å². The lowest BCUT2D eigenvalue weighted by atomic mass is 10.0. The molecule has 0 saturated carbocycles. The number of carbonyl (C=O) groups excluding carboxylic acids is 1. The fourth-order valence-corrected chi connectivity index (χ4v) is 3.18. The normalized spacial score (nSPS) is 14.7. The molecule has 27 heavy (non-hydrogen) atoms. The van der Waals surface area contributed by atoms with Gasteiger partial charge in [0.1, 0.15) is 17.9 Å². The van der Waals surface area contributed by atoms with Crippen molar-refractivity contribution >= 4 is 11.6 Å². The van der Waals surface area contributed by atoms with Crippen LogP contribution in [0, 0.1) is 0 Å². The molecule has 3 rings (SSSR count). The molecule has 0 atom stereocenters. The molecule has 7 heteroatoms. The standard InChI is InChI=1S/C20H29N5O2/c1-20(2)10-15-6-5-7-16(19(15)27-20)11-22-17-12-23-25(13-17)14-18(26)21-8-9-24(3)4/h5-7,12-13,22H,8-11,14H2,1-4H3,(H,21,26). The Morgan fingerprint density at radius 3 is 2.96 bits per heavy atom. The first-order valence-electron chi connectivity index (χ1n) is 9.30. The lowest BCUT2D eigenvalue weighted by molar-refractivity contribution is -0.121. The quantitative estimate of drug-likeness (QED) is 0.741. The molecule has 0 fully saturated rings. The number of hydrogen-bond acceptors (Lipinski definition) is 5. The zero-order valence-electron chi connectivity index (χ0n) is 16.6. The van der Waals surface area contributed by atoms with Gasteiger partial charge in [-0.05, 0) is 33.5 Å². The molecule has 0 unspecified atom stereocenters. The molecule has 1 aromatic heterocycles. The van der Waals surface area contributed by atoms with E-state index in [2.05, 4.69) is 47.8 Å². The maximum absolute atomic E-state index is 11.9. The van der Waals surface area contributed by atoms with Crippen LogP contribution in [0.15, 0.2) is 30.6 Å². The van der Waals surface area contributed by atoms with E-state index in [1.54, 1.807) is 10.9 Å². The molecule has 1 aromatic carbocycles. The van der Waals surface area contributed by atoms with Gasteiger partial charge in [-0.1, -0.05) is 18.2 Å². The summed E-state index contributed by atoms with van der Waals surface area (Å²) in [6, 6.07) is 6.28. The number of likely N-dealkylation sites (N-methyl/N-ethyl adjacent to an activating group) is 1. The van der Waals surface area contributed by atoms with Crippen LogP contribution in [0.4, 0.5) is 5.69 Å². The number of rotatable bonds is 8. The highest BCUT2D eigenvalue weighted by Gasteiger charge is 2.31. The van der Waals surface area contributed by atoms with E-state index >= 15 is 0 Å². The van der Waals surface area contributed by atoms with Gasteiger partial charge in [0.2, 0.25) is 5.91 Å². The van der Waals surface area contributed by atoms with E-state index in [9.17, 15) is 4.79 Å². The summed E-state index contributed by atoms with van der Waals surface area (Å²) in [6.07, 6.45) is 4.51. The van der Waals surface area contributed by atoms with Gasteiger partial charge in [-0.2, -0.15) is 5.10 Å². The van der Waals surface area contributed by atoms with E-state index in [4.69, 9.17) is 4.74 Å². The number of para-hydroxylation sites is 1. The van der Waals surface area contributed by atoms with Crippen LogP contribution < -0.4 is 15.4 Å². The Balaban J connectivity index is 1.52. The SMILES string of the molecule is CN(C)CCNC(=O)Cn1cc(NCc2cccc3c2OC(C)(C)C3)cn1. The number of nitrogens with one attached hydrogen (secondary N) is 2. The maximum atomic E-state index is 11.9. The van der Waals surface area contributed by atoms with Crippen LogP contribution >= 0.6 is 0 Å². The minimum atomic E-state index is -0.150. The van der Waals surface area contributed by atoms with E-state index < -0.39 is 0 Å². The summed E-state index contributed by atoms with van der Waals surface area (Å²) in [6.45, 7) is 6.54. The fourth-order valence-electron chi connectivity index (χ4n) is 3.18. The van der Waals surface area contributed by atoms with Gasteiger partial charge >= 0.3 is 0 Å². The molecular weight excluding hydrogens is 342 g/mol. The summed E-state index contributed by atoms with van der Waals surface area (Å²) in [5, 5.41) is 10.5. The predicted molar refractivity (Wildman–Crippen MR) is 106 cm³/mol. The highest BCUT2D eigenvalue weighted by Crippen LogP contribution is 2.37. The Hall–Kier alpha value is -2.54. The molecule has 1 aliphatic rings. The van der Waals surface area contributed by atoms with Crippen LogP contribution in [0.1, 0.15) is 25.0 Å². The molecule has 2 aromatic rings. The second-order valence-corrected chi connectivity index (χ2v) is 7.88. The average Bonchev–Trinajstić information content (AvgIpc) is 3.14. The Labute approximate surface area is 160 Å². The first-order valence-corrected chi connectivity index (χ1v) is 9.30. The molecule has 2 heterocycles. The molecule has 146 valence electrons. The highest BCUT2D eigenvalue weighted by atomic mass is 16.5. The second-order valence-electron chi connectivity index (χ2n) is 7.88. The van der Waals surface area contributed by atoms with Crippen LogP contribution in [0.5, 0.6) is 5.75 Å². The lowest BCUT2D eigenvalue weighted by Gasteiger charge is -2.18. The zero-order chi connectivity index (χ0) is 19.4. The number of aromatic nitrogens is 2. The van der Waals surface area contributed by atoms with Gasteiger partial charge in [0, 0.05) is 37.8 Å². The van der Waals surface area contributed by atoms with Gasteiger partial charge in [0.05, 0.1) is 11.9 Å². The Morgan fingerprint density at radius 2 is 2.19 bits per heavy atom. The third-order valence-electron chi connectivity index (χ3n) is 4.48. The van der Waals surface area contributed by atoms with Gasteiger partial charge in [0.15, 0.2) is 0 Å². The molecule has 1 aliphatic heterocycles. The van der Waals surface area contributed by atoms with E-state index in [1.165, 1.54) is 5.56 Å². The van der Waals surface area contributed by atoms with Crippen molar-refractivity contribution in [1.29, 1.82) is 0 Å². The van der Waals surface area contributed by atoms with Crippen molar-refractivity contribution in [3.63, 3.8) is 0 Å². The Morgan fingerprint density at radius 1 is 1.37 bits per heavy atom. The predicted octanol–water partition coefficient (Wildman–Crippen LogP) is 1.89. The molecular formula is C20H29N5O2. The number of ether oxygens (including phenoxy) is 1. The van der Waals surface area contributed by atoms with Gasteiger partial charge in [-0.3, -0.25) is 9.48 Å². The van der Waals surface area contributed by atoms with Crippen LogP contribution in [-0.2, 0) is 24.3 Å². The minimum Gasteiger partial charge on any atom is -0.487 e. The Kier molecular flexibility index (Phi) is 5.70. The van der Waals surface area contributed by atoms with E-state index in [-0.39, 0.29) is 18.1 Å². The third-order valence-corrected chi connectivity index (χ3v) is 4.48. The van der Waals surface area contributed by atoms with Crippen molar-refractivity contribution in [3.8, 4) is 5.75 Å². The average molecular weight is 371 g/mol. The fraction of sp³-hybridized carbons (Fsp3) is 0.500. The largest absolute Gasteiger partial charge is 0.487 e. The number of hydrogen-bond donors (Lipinski definition) is 2. The Bertz CT molecular complexity index is 797. The third kappa shape index (κ3) is 5.23. The highest BCUT2D eigenvalue weighted by molar-refractivity contribution is 5.75. The molecule has 2 N–H and O–H groups in total. The van der Waals surface area contributed by atoms with Crippen molar-refractivity contribution in [1.82, 2.24) is 20.0 Å². The zero-order valence-corrected chi connectivity index (χ0v) is 16.6. The van der Waals surface area contributed by atoms with Crippen molar-refractivity contribution in [3.05, 3.63) is 41.7 Å². The molecule has 0 saturated heterocycles. The molecule has 0 aliphatic carbocycles. The summed E-state index contributed by atoms with van der Waals surface area (Å²) in [7, 11) is 3.96. The van der Waals surface area contributed by atoms with Crippen LogP contribution in [-0.4, -0.2) is 53.4 Å². The molecule has 1 amide bonds. The van der Waals surface area contributed by atoms with Crippen molar-refractivity contribution < 1.29 is 9.53 Å². The maximum Gasteiger partial charge on any atom is 0.241 e. The van der Waals surface area contributed by atoms with E-state index in [0.717, 1.165) is 30.0 Å². The summed E-state index contributed by atoms with van der Waals surface area (Å²) in [5.74, 6) is 0.950. The van der Waals surface area contributed by atoms with Crippen LogP contribution in [0.3, 0.4) is 0 Å². The lowest BCUT2D eigenvalue weighted by Crippen LogP contribution is -2.33. The summed E-state index contributed by atoms with van der Waals surface area (Å²) >= 11 is 0. The van der Waals surface area contributed by atoms with Crippen molar-refractivity contribution in [2.75, 3.05) is 32.5 Å². The van der Waals surface area contributed by atoms with E-state index in [0.29, 0.717) is 13.1 Å². The molecule has 0 radical (unpaired) electrons. The van der Waals surface area contributed by atoms with E-state index in [1.807, 2.05) is 25.2 Å². The number of anilines is 1. The van der Waals surface area contributed by atoms with Crippen molar-refractivity contribution in [2.45, 2.75) is 39.0 Å². The second kappa shape index (κ2) is 8.00. The number of benzene rings is 1. The van der Waals surface area contributed by atoms with Gasteiger partial charge in [0.25, 0.3) is 0 Å². The summed E-state index contributed by atoms with van der Waals surface area (Å²) in [4.78, 5) is 14.0. The number of carbonyl (C=O) groups is 1. The van der Waals surface area contributed by atoms with Crippen molar-refractivity contribution in [2.24, 2.45) is 0 Å². The van der Waals surface area contributed by atoms with Gasteiger partial charge in [-0.15, -0.1) is 0 Å². The smallest absolute Gasteiger partial charge is 0.241 e. The number of fused-ring (bicyclic) bond motifs is 1. The van der Waals surface area contributed by atoms with Gasteiger partial charge in [-0.25, -0.2) is 0 Å². The minimum absolute atomic E-state index is 0.0389. The topological polar surface area (TPSA) is 71.4 Å². The van der Waals surface area contributed by atoms with Crippen LogP contribution in [0.25, 0.3) is 0 Å². The number of nitrogens with zero attached hydrogens (tertiary/aromatic N) is 3. The van der Waals surface area contributed by atoms with Crippen LogP contribution in [0.2, 0.25) is 0 Å². The molecule has 0 bridgehead atoms.